The van der Waals surface area contributed by atoms with E-state index in [1.165, 1.54) is 25.7 Å². The van der Waals surface area contributed by atoms with Crippen molar-refractivity contribution >= 4 is 34.8 Å². The molecule has 22 heavy (non-hydrogen) atoms. The van der Waals surface area contributed by atoms with Crippen LogP contribution < -0.4 is 10.6 Å². The van der Waals surface area contributed by atoms with Gasteiger partial charge in [-0.2, -0.15) is 0 Å². The van der Waals surface area contributed by atoms with E-state index in [1.54, 1.807) is 0 Å². The van der Waals surface area contributed by atoms with Crippen molar-refractivity contribution in [2.45, 2.75) is 78.4 Å². The standard InChI is InChI=1S/C16H32N2O2S2/c1-13(2)19-15(21)17-11-9-7-5-6-8-10-12-18-16(22)20-14(3)4/h13-14H,5-12H2,1-4H3,(H,17,21)(H,18,22). The maximum absolute atomic E-state index is 5.36. The molecular formula is C16H32N2O2S2. The molecule has 0 aromatic rings. The van der Waals surface area contributed by atoms with Crippen LogP contribution in [-0.2, 0) is 9.47 Å². The minimum Gasteiger partial charge on any atom is -0.468 e. The molecule has 0 unspecified atom stereocenters. The fraction of sp³-hybridized carbons (Fsp3) is 0.875. The van der Waals surface area contributed by atoms with Crippen molar-refractivity contribution in [3.8, 4) is 0 Å². The van der Waals surface area contributed by atoms with Gasteiger partial charge in [0.15, 0.2) is 0 Å². The first-order chi connectivity index (χ1) is 10.4. The summed E-state index contributed by atoms with van der Waals surface area (Å²) in [6.45, 7) is 9.70. The Morgan fingerprint density at radius 1 is 0.682 bits per heavy atom. The number of thiocarbonyl (C=S) groups is 2. The summed E-state index contributed by atoms with van der Waals surface area (Å²) in [5.74, 6) is 0. The van der Waals surface area contributed by atoms with Crippen LogP contribution in [0.5, 0.6) is 0 Å². The normalized spacial score (nSPS) is 10.6. The molecule has 0 aliphatic rings. The van der Waals surface area contributed by atoms with Crippen LogP contribution in [0, 0.1) is 0 Å². The average molecular weight is 349 g/mol. The molecule has 0 aliphatic heterocycles. The van der Waals surface area contributed by atoms with Crippen LogP contribution in [0.15, 0.2) is 0 Å². The Labute approximate surface area is 146 Å². The third-order valence-electron chi connectivity index (χ3n) is 2.83. The number of rotatable bonds is 11. The molecule has 0 atom stereocenters. The smallest absolute Gasteiger partial charge is 0.256 e. The zero-order chi connectivity index (χ0) is 16.8. The average Bonchev–Trinajstić information content (AvgIpc) is 2.39. The first-order valence-electron chi connectivity index (χ1n) is 8.30. The van der Waals surface area contributed by atoms with Gasteiger partial charge < -0.3 is 20.1 Å². The van der Waals surface area contributed by atoms with Gasteiger partial charge in [0.2, 0.25) is 0 Å². The number of hydrogen-bond donors (Lipinski definition) is 2. The van der Waals surface area contributed by atoms with E-state index in [4.69, 9.17) is 33.9 Å². The van der Waals surface area contributed by atoms with Gasteiger partial charge in [-0.3, -0.25) is 0 Å². The second-order valence-electron chi connectivity index (χ2n) is 5.88. The van der Waals surface area contributed by atoms with E-state index in [2.05, 4.69) is 10.6 Å². The lowest BCUT2D eigenvalue weighted by atomic mass is 10.1. The molecule has 4 nitrogen and oxygen atoms in total. The lowest BCUT2D eigenvalue weighted by Gasteiger charge is -2.12. The van der Waals surface area contributed by atoms with Gasteiger partial charge in [-0.05, 0) is 65.0 Å². The third kappa shape index (κ3) is 15.8. The van der Waals surface area contributed by atoms with E-state index in [0.29, 0.717) is 10.3 Å². The highest BCUT2D eigenvalue weighted by atomic mass is 32.1. The molecule has 130 valence electrons. The number of hydrogen-bond acceptors (Lipinski definition) is 4. The van der Waals surface area contributed by atoms with E-state index >= 15 is 0 Å². The Hall–Kier alpha value is -0.620. The van der Waals surface area contributed by atoms with Crippen molar-refractivity contribution in [2.75, 3.05) is 13.1 Å². The summed E-state index contributed by atoms with van der Waals surface area (Å²) in [6.07, 6.45) is 7.51. The van der Waals surface area contributed by atoms with Crippen molar-refractivity contribution in [2.24, 2.45) is 0 Å². The quantitative estimate of drug-likeness (QED) is 0.436. The second kappa shape index (κ2) is 14.0. The Kier molecular flexibility index (Phi) is 13.6. The summed E-state index contributed by atoms with van der Waals surface area (Å²) in [4.78, 5) is 0. The second-order valence-corrected chi connectivity index (χ2v) is 6.62. The van der Waals surface area contributed by atoms with Gasteiger partial charge in [-0.1, -0.05) is 25.7 Å². The van der Waals surface area contributed by atoms with Gasteiger partial charge in [0.1, 0.15) is 0 Å². The highest BCUT2D eigenvalue weighted by Gasteiger charge is 2.00. The summed E-state index contributed by atoms with van der Waals surface area (Å²) >= 11 is 10.1. The largest absolute Gasteiger partial charge is 0.468 e. The molecule has 0 amide bonds. The van der Waals surface area contributed by atoms with E-state index in [0.717, 1.165) is 25.9 Å². The molecule has 0 aliphatic carbocycles. The molecule has 0 aromatic heterocycles. The van der Waals surface area contributed by atoms with Crippen LogP contribution in [0.25, 0.3) is 0 Å². The van der Waals surface area contributed by atoms with Crippen molar-refractivity contribution < 1.29 is 9.47 Å². The summed E-state index contributed by atoms with van der Waals surface area (Å²) in [5.41, 5.74) is 0. The molecular weight excluding hydrogens is 316 g/mol. The van der Waals surface area contributed by atoms with E-state index in [9.17, 15) is 0 Å². The zero-order valence-corrected chi connectivity index (χ0v) is 16.1. The fourth-order valence-corrected chi connectivity index (χ4v) is 2.44. The van der Waals surface area contributed by atoms with E-state index < -0.39 is 0 Å². The van der Waals surface area contributed by atoms with E-state index in [-0.39, 0.29) is 12.2 Å². The van der Waals surface area contributed by atoms with Crippen LogP contribution in [0.3, 0.4) is 0 Å². The fourth-order valence-electron chi connectivity index (χ4n) is 1.85. The van der Waals surface area contributed by atoms with Gasteiger partial charge in [0.25, 0.3) is 10.3 Å². The highest BCUT2D eigenvalue weighted by Crippen LogP contribution is 2.04. The maximum Gasteiger partial charge on any atom is 0.256 e. The molecule has 0 radical (unpaired) electrons. The molecule has 0 saturated carbocycles. The molecule has 0 aromatic carbocycles. The first kappa shape index (κ1) is 21.4. The topological polar surface area (TPSA) is 42.5 Å². The summed E-state index contributed by atoms with van der Waals surface area (Å²) in [6, 6.07) is 0. The number of nitrogens with one attached hydrogen (secondary N) is 2. The zero-order valence-electron chi connectivity index (χ0n) is 14.4. The van der Waals surface area contributed by atoms with Crippen LogP contribution in [0.1, 0.15) is 66.2 Å². The Bertz CT molecular complexity index is 281. The van der Waals surface area contributed by atoms with Gasteiger partial charge >= 0.3 is 0 Å². The minimum absolute atomic E-state index is 0.146. The van der Waals surface area contributed by atoms with Crippen molar-refractivity contribution in [3.63, 3.8) is 0 Å². The third-order valence-corrected chi connectivity index (χ3v) is 3.31. The van der Waals surface area contributed by atoms with Crippen LogP contribution in [-0.4, -0.2) is 35.6 Å². The lowest BCUT2D eigenvalue weighted by molar-refractivity contribution is 0.223. The Morgan fingerprint density at radius 2 is 1.00 bits per heavy atom. The molecule has 6 heteroatoms. The van der Waals surface area contributed by atoms with Gasteiger partial charge in [0, 0.05) is 13.1 Å². The molecule has 2 N–H and O–H groups in total. The van der Waals surface area contributed by atoms with Crippen molar-refractivity contribution in [3.05, 3.63) is 0 Å². The van der Waals surface area contributed by atoms with Crippen molar-refractivity contribution in [1.82, 2.24) is 10.6 Å². The van der Waals surface area contributed by atoms with Gasteiger partial charge in [-0.25, -0.2) is 0 Å². The highest BCUT2D eigenvalue weighted by molar-refractivity contribution is 7.80. The van der Waals surface area contributed by atoms with Crippen LogP contribution >= 0.6 is 24.4 Å². The maximum atomic E-state index is 5.36. The number of unbranched alkanes of at least 4 members (excludes halogenated alkanes) is 5. The molecule has 0 saturated heterocycles. The minimum atomic E-state index is 0.146. The molecule has 0 bridgehead atoms. The van der Waals surface area contributed by atoms with Gasteiger partial charge in [-0.15, -0.1) is 0 Å². The van der Waals surface area contributed by atoms with Crippen LogP contribution in [0.4, 0.5) is 0 Å². The predicted molar refractivity (Wildman–Crippen MR) is 101 cm³/mol. The monoisotopic (exact) mass is 348 g/mol. The molecule has 0 rings (SSSR count). The molecule has 0 fully saturated rings. The lowest BCUT2D eigenvalue weighted by Crippen LogP contribution is -2.27. The first-order valence-corrected chi connectivity index (χ1v) is 9.12. The molecule has 0 spiro atoms. The summed E-state index contributed by atoms with van der Waals surface area (Å²) in [7, 11) is 0. The van der Waals surface area contributed by atoms with E-state index in [1.807, 2.05) is 27.7 Å². The van der Waals surface area contributed by atoms with Crippen molar-refractivity contribution in [1.29, 1.82) is 0 Å². The molecule has 0 heterocycles. The predicted octanol–water partition coefficient (Wildman–Crippen LogP) is 3.93. The van der Waals surface area contributed by atoms with Gasteiger partial charge in [0.05, 0.1) is 12.2 Å². The summed E-state index contributed by atoms with van der Waals surface area (Å²) in [5, 5.41) is 7.28. The Balaban J connectivity index is 3.24. The number of ether oxygens (including phenoxy) is 2. The van der Waals surface area contributed by atoms with Crippen LogP contribution in [0.2, 0.25) is 0 Å². The Morgan fingerprint density at radius 3 is 1.32 bits per heavy atom. The summed E-state index contributed by atoms with van der Waals surface area (Å²) < 4.78 is 10.7. The SMILES string of the molecule is CC(C)OC(=S)NCCCCCCCCNC(=S)OC(C)C.